The highest BCUT2D eigenvalue weighted by atomic mass is 16.4. The molecule has 3 N–H and O–H groups in total. The number of hydrogen-bond donors (Lipinski definition) is 3. The highest BCUT2D eigenvalue weighted by molar-refractivity contribution is 5.81. The van der Waals surface area contributed by atoms with Gasteiger partial charge in [0.2, 0.25) is 5.91 Å². The number of carbonyl (C=O) groups excluding carboxylic acids is 1. The van der Waals surface area contributed by atoms with E-state index < -0.39 is 18.1 Å². The molecule has 2 rings (SSSR count). The molecule has 1 saturated carbocycles. The first-order valence-corrected chi connectivity index (χ1v) is 7.36. The Balaban J connectivity index is 2.05. The van der Waals surface area contributed by atoms with E-state index in [-0.39, 0.29) is 11.9 Å². The lowest BCUT2D eigenvalue weighted by Gasteiger charge is -2.30. The van der Waals surface area contributed by atoms with Crippen LogP contribution in [0.2, 0.25) is 0 Å². The van der Waals surface area contributed by atoms with E-state index in [2.05, 4.69) is 16.7 Å². The number of nitrogens with zero attached hydrogens (tertiary/aromatic N) is 1. The Kier molecular flexibility index (Phi) is 5.37. The summed E-state index contributed by atoms with van der Waals surface area (Å²) in [5.74, 6) is -0.696. The Hall–Kier alpha value is -2.55. The van der Waals surface area contributed by atoms with Crippen molar-refractivity contribution >= 4 is 12.0 Å². The van der Waals surface area contributed by atoms with Crippen molar-refractivity contribution in [1.82, 2.24) is 10.6 Å². The number of carbonyl (C=O) groups is 2. The minimum absolute atomic E-state index is 0.270. The number of benzene rings is 1. The van der Waals surface area contributed by atoms with E-state index >= 15 is 0 Å². The lowest BCUT2D eigenvalue weighted by Crippen LogP contribution is -2.48. The molecular weight excluding hydrogens is 282 g/mol. The van der Waals surface area contributed by atoms with Crippen LogP contribution in [0, 0.1) is 17.2 Å². The van der Waals surface area contributed by atoms with Gasteiger partial charge in [0.15, 0.2) is 0 Å². The topological polar surface area (TPSA) is 102 Å². The van der Waals surface area contributed by atoms with Crippen LogP contribution in [0.4, 0.5) is 4.79 Å². The summed E-state index contributed by atoms with van der Waals surface area (Å²) in [6, 6.07) is 9.98. The Morgan fingerprint density at radius 1 is 1.23 bits per heavy atom. The molecule has 0 bridgehead atoms. The van der Waals surface area contributed by atoms with Gasteiger partial charge in [-0.25, -0.2) is 4.79 Å². The zero-order valence-corrected chi connectivity index (χ0v) is 12.2. The molecule has 1 aromatic carbocycles. The van der Waals surface area contributed by atoms with Crippen LogP contribution < -0.4 is 10.6 Å². The maximum Gasteiger partial charge on any atom is 0.404 e. The lowest BCUT2D eigenvalue weighted by atomic mass is 9.83. The van der Waals surface area contributed by atoms with Crippen LogP contribution >= 0.6 is 0 Å². The third-order valence-corrected chi connectivity index (χ3v) is 3.96. The van der Waals surface area contributed by atoms with E-state index in [1.807, 2.05) is 6.07 Å². The number of nitrogens with one attached hydrogen (secondary N) is 2. The zero-order chi connectivity index (χ0) is 15.9. The molecule has 1 aromatic rings. The Morgan fingerprint density at radius 2 is 1.91 bits per heavy atom. The second-order valence-electron chi connectivity index (χ2n) is 5.43. The lowest BCUT2D eigenvalue weighted by molar-refractivity contribution is -0.127. The summed E-state index contributed by atoms with van der Waals surface area (Å²) in [5, 5.41) is 23.3. The molecular formula is C16H19N3O3. The second kappa shape index (κ2) is 7.46. The van der Waals surface area contributed by atoms with Crippen molar-refractivity contribution in [3.8, 4) is 6.07 Å². The standard InChI is InChI=1S/C16H19N3O3/c17-10-14(11-6-2-1-3-7-11)18-15(20)12-8-4-5-9-13(12)19-16(21)22/h1-3,6-7,12-14,19H,4-5,8-9H2,(H,18,20)(H,21,22)/t12?,13?,14-/m0/s1. The maximum atomic E-state index is 12.4. The van der Waals surface area contributed by atoms with Gasteiger partial charge in [0, 0.05) is 6.04 Å². The van der Waals surface area contributed by atoms with Crippen LogP contribution in [0.3, 0.4) is 0 Å². The first-order chi connectivity index (χ1) is 10.6. The molecule has 22 heavy (non-hydrogen) atoms. The summed E-state index contributed by atoms with van der Waals surface area (Å²) in [7, 11) is 0. The molecule has 0 aliphatic heterocycles. The van der Waals surface area contributed by atoms with E-state index in [1.165, 1.54) is 0 Å². The second-order valence-corrected chi connectivity index (χ2v) is 5.43. The molecule has 0 spiro atoms. The molecule has 0 heterocycles. The van der Waals surface area contributed by atoms with Crippen molar-refractivity contribution in [2.75, 3.05) is 0 Å². The van der Waals surface area contributed by atoms with Crippen LogP contribution in [-0.4, -0.2) is 23.1 Å². The summed E-state index contributed by atoms with van der Waals surface area (Å²) in [4.78, 5) is 23.3. The van der Waals surface area contributed by atoms with Crippen molar-refractivity contribution in [3.05, 3.63) is 35.9 Å². The van der Waals surface area contributed by atoms with E-state index in [0.29, 0.717) is 12.8 Å². The number of hydrogen-bond acceptors (Lipinski definition) is 3. The van der Waals surface area contributed by atoms with Crippen LogP contribution in [0.15, 0.2) is 30.3 Å². The number of nitriles is 1. The van der Waals surface area contributed by atoms with E-state index in [0.717, 1.165) is 18.4 Å². The fraction of sp³-hybridized carbons (Fsp3) is 0.438. The number of amides is 2. The third-order valence-electron chi connectivity index (χ3n) is 3.96. The summed E-state index contributed by atoms with van der Waals surface area (Å²) in [5.41, 5.74) is 0.719. The van der Waals surface area contributed by atoms with Crippen molar-refractivity contribution in [1.29, 1.82) is 5.26 Å². The molecule has 1 aliphatic rings. The minimum atomic E-state index is -1.12. The molecule has 1 aliphatic carbocycles. The highest BCUT2D eigenvalue weighted by Gasteiger charge is 2.33. The number of carboxylic acid groups (broad SMARTS) is 1. The van der Waals surface area contributed by atoms with Crippen LogP contribution in [-0.2, 0) is 4.79 Å². The molecule has 6 nitrogen and oxygen atoms in total. The van der Waals surface area contributed by atoms with E-state index in [4.69, 9.17) is 5.11 Å². The average Bonchev–Trinajstić information content (AvgIpc) is 2.53. The van der Waals surface area contributed by atoms with Crippen molar-refractivity contribution in [2.24, 2.45) is 5.92 Å². The van der Waals surface area contributed by atoms with Gasteiger partial charge in [-0.05, 0) is 18.4 Å². The summed E-state index contributed by atoms with van der Waals surface area (Å²) in [6.07, 6.45) is 1.94. The van der Waals surface area contributed by atoms with Crippen molar-refractivity contribution < 1.29 is 14.7 Å². The normalized spacial score (nSPS) is 22.1. The molecule has 0 saturated heterocycles. The smallest absolute Gasteiger partial charge is 0.404 e. The highest BCUT2D eigenvalue weighted by Crippen LogP contribution is 2.25. The first-order valence-electron chi connectivity index (χ1n) is 7.36. The van der Waals surface area contributed by atoms with Crippen molar-refractivity contribution in [2.45, 2.75) is 37.8 Å². The van der Waals surface area contributed by atoms with Crippen LogP contribution in [0.1, 0.15) is 37.3 Å². The SMILES string of the molecule is N#C[C@H](NC(=O)C1CCCCC1NC(=O)O)c1ccccc1. The van der Waals surface area contributed by atoms with Gasteiger partial charge in [0.05, 0.1) is 12.0 Å². The molecule has 2 unspecified atom stereocenters. The van der Waals surface area contributed by atoms with Gasteiger partial charge in [-0.1, -0.05) is 43.2 Å². The van der Waals surface area contributed by atoms with E-state index in [9.17, 15) is 14.9 Å². The van der Waals surface area contributed by atoms with Gasteiger partial charge in [-0.2, -0.15) is 5.26 Å². The quantitative estimate of drug-likeness (QED) is 0.793. The van der Waals surface area contributed by atoms with Crippen LogP contribution in [0.5, 0.6) is 0 Å². The Labute approximate surface area is 129 Å². The fourth-order valence-corrected chi connectivity index (χ4v) is 2.86. The minimum Gasteiger partial charge on any atom is -0.465 e. The summed E-state index contributed by atoms with van der Waals surface area (Å²) < 4.78 is 0. The first kappa shape index (κ1) is 15.8. The molecule has 6 heteroatoms. The molecule has 1 fully saturated rings. The molecule has 116 valence electrons. The molecule has 2 amide bonds. The maximum absolute atomic E-state index is 12.4. The Morgan fingerprint density at radius 3 is 2.55 bits per heavy atom. The average molecular weight is 301 g/mol. The van der Waals surface area contributed by atoms with Gasteiger partial charge in [0.1, 0.15) is 6.04 Å². The van der Waals surface area contributed by atoms with Crippen molar-refractivity contribution in [3.63, 3.8) is 0 Å². The van der Waals surface area contributed by atoms with Crippen LogP contribution in [0.25, 0.3) is 0 Å². The predicted molar refractivity (Wildman–Crippen MR) is 79.8 cm³/mol. The summed E-state index contributed by atoms with van der Waals surface area (Å²) in [6.45, 7) is 0. The van der Waals surface area contributed by atoms with Gasteiger partial charge in [-0.3, -0.25) is 4.79 Å². The van der Waals surface area contributed by atoms with E-state index in [1.54, 1.807) is 24.3 Å². The Bertz CT molecular complexity index is 568. The molecule has 0 aromatic heterocycles. The van der Waals surface area contributed by atoms with Gasteiger partial charge in [-0.15, -0.1) is 0 Å². The van der Waals surface area contributed by atoms with Gasteiger partial charge in [0.25, 0.3) is 0 Å². The summed E-state index contributed by atoms with van der Waals surface area (Å²) >= 11 is 0. The molecule has 3 atom stereocenters. The van der Waals surface area contributed by atoms with Gasteiger partial charge >= 0.3 is 6.09 Å². The fourth-order valence-electron chi connectivity index (χ4n) is 2.86. The largest absolute Gasteiger partial charge is 0.465 e. The molecule has 0 radical (unpaired) electrons. The zero-order valence-electron chi connectivity index (χ0n) is 12.2. The van der Waals surface area contributed by atoms with Gasteiger partial charge < -0.3 is 15.7 Å². The third kappa shape index (κ3) is 3.98. The number of rotatable bonds is 4. The monoisotopic (exact) mass is 301 g/mol. The predicted octanol–water partition coefficient (Wildman–Crippen LogP) is 2.19.